The Hall–Kier alpha value is -2.95. The van der Waals surface area contributed by atoms with Crippen LogP contribution < -0.4 is 10.7 Å². The highest BCUT2D eigenvalue weighted by molar-refractivity contribution is 6.02. The Morgan fingerprint density at radius 1 is 1.08 bits per heavy atom. The fourth-order valence-corrected chi connectivity index (χ4v) is 2.50. The SMILES string of the molecule is C/C(=N/NC(=O)c1ccccc1C)c1cccc(NC(=O)C2CC2)c1. The fourth-order valence-electron chi connectivity index (χ4n) is 2.50. The molecule has 0 radical (unpaired) electrons. The van der Waals surface area contributed by atoms with Crippen molar-refractivity contribution in [2.75, 3.05) is 5.32 Å². The zero-order chi connectivity index (χ0) is 17.8. The quantitative estimate of drug-likeness (QED) is 0.648. The van der Waals surface area contributed by atoms with Crippen LogP contribution >= 0.6 is 0 Å². The molecule has 128 valence electrons. The standard InChI is InChI=1S/C20H21N3O2/c1-13-6-3-4-9-18(13)20(25)23-22-14(2)16-7-5-8-17(12-16)21-19(24)15-10-11-15/h3-9,12,15H,10-11H2,1-2H3,(H,21,24)(H,23,25)/b22-14-. The van der Waals surface area contributed by atoms with Crippen molar-refractivity contribution in [3.8, 4) is 0 Å². The van der Waals surface area contributed by atoms with Crippen molar-refractivity contribution in [2.24, 2.45) is 11.0 Å². The summed E-state index contributed by atoms with van der Waals surface area (Å²) in [6.07, 6.45) is 1.94. The van der Waals surface area contributed by atoms with Crippen LogP contribution in [0.4, 0.5) is 5.69 Å². The topological polar surface area (TPSA) is 70.6 Å². The highest BCUT2D eigenvalue weighted by atomic mass is 16.2. The number of hydrogen-bond donors (Lipinski definition) is 2. The van der Waals surface area contributed by atoms with E-state index in [0.29, 0.717) is 11.3 Å². The third kappa shape index (κ3) is 4.32. The van der Waals surface area contributed by atoms with Gasteiger partial charge in [-0.1, -0.05) is 30.3 Å². The van der Waals surface area contributed by atoms with Gasteiger partial charge in [0.05, 0.1) is 5.71 Å². The van der Waals surface area contributed by atoms with Crippen LogP contribution in [0.25, 0.3) is 0 Å². The van der Waals surface area contributed by atoms with Crippen molar-refractivity contribution < 1.29 is 9.59 Å². The summed E-state index contributed by atoms with van der Waals surface area (Å²) in [7, 11) is 0. The van der Waals surface area contributed by atoms with E-state index >= 15 is 0 Å². The zero-order valence-electron chi connectivity index (χ0n) is 14.4. The average Bonchev–Trinajstić information content (AvgIpc) is 3.45. The molecular formula is C20H21N3O2. The van der Waals surface area contributed by atoms with Gasteiger partial charge in [-0.25, -0.2) is 5.43 Å². The Morgan fingerprint density at radius 2 is 1.84 bits per heavy atom. The van der Waals surface area contributed by atoms with Crippen LogP contribution in [0.3, 0.4) is 0 Å². The maximum absolute atomic E-state index is 12.2. The van der Waals surface area contributed by atoms with Gasteiger partial charge in [0.2, 0.25) is 5.91 Å². The minimum absolute atomic E-state index is 0.0691. The molecule has 2 aromatic carbocycles. The van der Waals surface area contributed by atoms with Gasteiger partial charge in [0.15, 0.2) is 0 Å². The average molecular weight is 335 g/mol. The van der Waals surface area contributed by atoms with Gasteiger partial charge in [-0.05, 0) is 56.0 Å². The number of amides is 2. The number of hydrazone groups is 1. The Bertz CT molecular complexity index is 838. The van der Waals surface area contributed by atoms with Gasteiger partial charge in [-0.2, -0.15) is 5.10 Å². The highest BCUT2D eigenvalue weighted by Crippen LogP contribution is 2.30. The lowest BCUT2D eigenvalue weighted by Crippen LogP contribution is -2.20. The summed E-state index contributed by atoms with van der Waals surface area (Å²) in [5, 5.41) is 7.10. The second-order valence-electron chi connectivity index (χ2n) is 6.30. The van der Waals surface area contributed by atoms with E-state index in [4.69, 9.17) is 0 Å². The van der Waals surface area contributed by atoms with Gasteiger partial charge >= 0.3 is 0 Å². The number of carbonyl (C=O) groups is 2. The normalized spacial score (nSPS) is 14.1. The lowest BCUT2D eigenvalue weighted by atomic mass is 10.1. The predicted octanol–water partition coefficient (Wildman–Crippen LogP) is 3.50. The number of carbonyl (C=O) groups excluding carboxylic acids is 2. The minimum Gasteiger partial charge on any atom is -0.326 e. The molecule has 2 amide bonds. The third-order valence-corrected chi connectivity index (χ3v) is 4.21. The van der Waals surface area contributed by atoms with E-state index in [2.05, 4.69) is 15.8 Å². The van der Waals surface area contributed by atoms with Gasteiger partial charge in [0.1, 0.15) is 0 Å². The van der Waals surface area contributed by atoms with E-state index in [1.54, 1.807) is 6.07 Å². The maximum atomic E-state index is 12.2. The number of aryl methyl sites for hydroxylation is 1. The van der Waals surface area contributed by atoms with E-state index in [0.717, 1.165) is 29.7 Å². The lowest BCUT2D eigenvalue weighted by Gasteiger charge is -2.08. The number of hydrogen-bond acceptors (Lipinski definition) is 3. The fraction of sp³-hybridized carbons (Fsp3) is 0.250. The third-order valence-electron chi connectivity index (χ3n) is 4.21. The van der Waals surface area contributed by atoms with E-state index in [1.165, 1.54) is 0 Å². The Balaban J connectivity index is 1.68. The van der Waals surface area contributed by atoms with Gasteiger partial charge in [-0.3, -0.25) is 9.59 Å². The second-order valence-corrected chi connectivity index (χ2v) is 6.30. The molecule has 5 nitrogen and oxygen atoms in total. The van der Waals surface area contributed by atoms with Crippen molar-refractivity contribution in [1.82, 2.24) is 5.43 Å². The van der Waals surface area contributed by atoms with Crippen molar-refractivity contribution in [3.63, 3.8) is 0 Å². The first-order chi connectivity index (χ1) is 12.0. The van der Waals surface area contributed by atoms with Gasteiger partial charge in [0, 0.05) is 17.2 Å². The van der Waals surface area contributed by atoms with Crippen LogP contribution in [-0.4, -0.2) is 17.5 Å². The van der Waals surface area contributed by atoms with Crippen molar-refractivity contribution in [3.05, 3.63) is 65.2 Å². The van der Waals surface area contributed by atoms with E-state index < -0.39 is 0 Å². The largest absolute Gasteiger partial charge is 0.326 e. The molecule has 1 aliphatic carbocycles. The monoisotopic (exact) mass is 335 g/mol. The first-order valence-corrected chi connectivity index (χ1v) is 8.36. The first kappa shape index (κ1) is 16.9. The summed E-state index contributed by atoms with van der Waals surface area (Å²) in [5.74, 6) is -0.0120. The first-order valence-electron chi connectivity index (χ1n) is 8.36. The molecule has 0 unspecified atom stereocenters. The van der Waals surface area contributed by atoms with Crippen LogP contribution in [0.5, 0.6) is 0 Å². The van der Waals surface area contributed by atoms with Crippen LogP contribution in [0.15, 0.2) is 53.6 Å². The number of rotatable bonds is 5. The van der Waals surface area contributed by atoms with Crippen LogP contribution in [0.1, 0.15) is 41.3 Å². The van der Waals surface area contributed by atoms with Gasteiger partial charge in [-0.15, -0.1) is 0 Å². The highest BCUT2D eigenvalue weighted by Gasteiger charge is 2.29. The zero-order valence-corrected chi connectivity index (χ0v) is 14.4. The molecule has 2 N–H and O–H groups in total. The van der Waals surface area contributed by atoms with Gasteiger partial charge < -0.3 is 5.32 Å². The van der Waals surface area contributed by atoms with Gasteiger partial charge in [0.25, 0.3) is 5.91 Å². The summed E-state index contributed by atoms with van der Waals surface area (Å²) in [5.41, 5.74) is 6.35. The summed E-state index contributed by atoms with van der Waals surface area (Å²) in [4.78, 5) is 24.1. The second kappa shape index (κ2) is 7.30. The van der Waals surface area contributed by atoms with E-state index in [-0.39, 0.29) is 17.7 Å². The number of benzene rings is 2. The van der Waals surface area contributed by atoms with Crippen molar-refractivity contribution in [2.45, 2.75) is 26.7 Å². The summed E-state index contributed by atoms with van der Waals surface area (Å²) >= 11 is 0. The predicted molar refractivity (Wildman–Crippen MR) is 98.7 cm³/mol. The summed E-state index contributed by atoms with van der Waals surface area (Å²) in [6.45, 7) is 3.71. The molecular weight excluding hydrogens is 314 g/mol. The van der Waals surface area contributed by atoms with E-state index in [1.807, 2.05) is 56.3 Å². The molecule has 0 bridgehead atoms. The van der Waals surface area contributed by atoms with E-state index in [9.17, 15) is 9.59 Å². The Kier molecular flexibility index (Phi) is 4.93. The molecule has 0 aliphatic heterocycles. The van der Waals surface area contributed by atoms with Crippen LogP contribution in [0.2, 0.25) is 0 Å². The molecule has 3 rings (SSSR count). The smallest absolute Gasteiger partial charge is 0.271 e. The Morgan fingerprint density at radius 3 is 2.56 bits per heavy atom. The lowest BCUT2D eigenvalue weighted by molar-refractivity contribution is -0.117. The van der Waals surface area contributed by atoms with Crippen LogP contribution in [-0.2, 0) is 4.79 Å². The molecule has 25 heavy (non-hydrogen) atoms. The molecule has 0 spiro atoms. The number of nitrogens with one attached hydrogen (secondary N) is 2. The molecule has 5 heteroatoms. The molecule has 0 saturated heterocycles. The summed E-state index contributed by atoms with van der Waals surface area (Å²) in [6, 6.07) is 14.8. The molecule has 0 aromatic heterocycles. The molecule has 1 saturated carbocycles. The molecule has 1 aliphatic rings. The Labute approximate surface area is 147 Å². The summed E-state index contributed by atoms with van der Waals surface area (Å²) < 4.78 is 0. The van der Waals surface area contributed by atoms with Crippen molar-refractivity contribution in [1.29, 1.82) is 0 Å². The molecule has 0 heterocycles. The van der Waals surface area contributed by atoms with Crippen LogP contribution in [0, 0.1) is 12.8 Å². The molecule has 2 aromatic rings. The van der Waals surface area contributed by atoms with Crippen molar-refractivity contribution >= 4 is 23.2 Å². The minimum atomic E-state index is -0.240. The molecule has 1 fully saturated rings. The molecule has 0 atom stereocenters. The number of nitrogens with zero attached hydrogens (tertiary/aromatic N) is 1. The number of anilines is 1. The maximum Gasteiger partial charge on any atom is 0.271 e.